The molecule has 2 heterocycles. The Kier molecular flexibility index (Phi) is 5.06. The van der Waals surface area contributed by atoms with E-state index in [2.05, 4.69) is 10.3 Å². The second-order valence-electron chi connectivity index (χ2n) is 4.96. The van der Waals surface area contributed by atoms with Gasteiger partial charge in [0, 0.05) is 18.9 Å². The van der Waals surface area contributed by atoms with E-state index in [4.69, 9.17) is 5.11 Å². The number of piperidine rings is 1. The fourth-order valence-corrected chi connectivity index (χ4v) is 2.40. The first-order chi connectivity index (χ1) is 9.66. The average molecular weight is 277 g/mol. The van der Waals surface area contributed by atoms with Crippen LogP contribution >= 0.6 is 0 Å². The summed E-state index contributed by atoms with van der Waals surface area (Å²) >= 11 is 0. The predicted octanol–water partition coefficient (Wildman–Crippen LogP) is 0.637. The number of likely N-dealkylation sites (tertiary alicyclic amines) is 1. The minimum atomic E-state index is -0.843. The maximum atomic E-state index is 11.9. The molecule has 1 fully saturated rings. The summed E-state index contributed by atoms with van der Waals surface area (Å²) in [6.07, 6.45) is 5.84. The molecular formula is C14H19N3O3. The van der Waals surface area contributed by atoms with E-state index in [1.54, 1.807) is 17.3 Å². The Hall–Kier alpha value is -1.95. The fourth-order valence-electron chi connectivity index (χ4n) is 2.40. The smallest absolute Gasteiger partial charge is 0.320 e. The summed E-state index contributed by atoms with van der Waals surface area (Å²) in [6.45, 7) is 1.22. The van der Waals surface area contributed by atoms with Crippen molar-refractivity contribution in [1.82, 2.24) is 15.2 Å². The van der Waals surface area contributed by atoms with Gasteiger partial charge in [0.1, 0.15) is 6.04 Å². The maximum absolute atomic E-state index is 11.9. The summed E-state index contributed by atoms with van der Waals surface area (Å²) in [5.41, 5.74) is 0.925. The Morgan fingerprint density at radius 1 is 1.45 bits per heavy atom. The molecule has 0 spiro atoms. The molecule has 1 saturated heterocycles. The van der Waals surface area contributed by atoms with Crippen molar-refractivity contribution in [3.63, 3.8) is 0 Å². The number of rotatable bonds is 5. The molecule has 0 aromatic carbocycles. The average Bonchev–Trinajstić information content (AvgIpc) is 2.46. The lowest BCUT2D eigenvalue weighted by Gasteiger charge is -2.32. The summed E-state index contributed by atoms with van der Waals surface area (Å²) in [6, 6.07) is 3.16. The molecule has 0 saturated carbocycles. The van der Waals surface area contributed by atoms with Crippen molar-refractivity contribution in [3.05, 3.63) is 30.1 Å². The zero-order valence-corrected chi connectivity index (χ0v) is 11.3. The van der Waals surface area contributed by atoms with Gasteiger partial charge in [0.15, 0.2) is 0 Å². The molecule has 6 nitrogen and oxygen atoms in total. The van der Waals surface area contributed by atoms with Gasteiger partial charge in [-0.15, -0.1) is 0 Å². The highest BCUT2D eigenvalue weighted by atomic mass is 16.4. The van der Waals surface area contributed by atoms with Gasteiger partial charge in [0.05, 0.1) is 6.54 Å². The molecule has 0 bridgehead atoms. The van der Waals surface area contributed by atoms with Crippen LogP contribution in [0.2, 0.25) is 0 Å². The molecule has 1 amide bonds. The number of nitrogens with zero attached hydrogens (tertiary/aromatic N) is 2. The minimum absolute atomic E-state index is 0.136. The maximum Gasteiger partial charge on any atom is 0.320 e. The number of amides is 1. The molecule has 1 aliphatic rings. The summed E-state index contributed by atoms with van der Waals surface area (Å²) in [5, 5.41) is 11.9. The Labute approximate surface area is 117 Å². The second-order valence-corrected chi connectivity index (χ2v) is 4.96. The lowest BCUT2D eigenvalue weighted by atomic mass is 10.0. The molecule has 20 heavy (non-hydrogen) atoms. The number of carboxylic acids is 1. The molecule has 0 radical (unpaired) electrons. The Balaban J connectivity index is 1.82. The van der Waals surface area contributed by atoms with Crippen LogP contribution in [-0.2, 0) is 16.1 Å². The van der Waals surface area contributed by atoms with E-state index in [1.165, 1.54) is 0 Å². The van der Waals surface area contributed by atoms with Crippen molar-refractivity contribution in [2.24, 2.45) is 0 Å². The van der Waals surface area contributed by atoms with Crippen molar-refractivity contribution in [2.75, 3.05) is 13.1 Å². The highest BCUT2D eigenvalue weighted by Gasteiger charge is 2.29. The molecule has 1 aromatic heterocycles. The van der Waals surface area contributed by atoms with Crippen molar-refractivity contribution < 1.29 is 14.7 Å². The quantitative estimate of drug-likeness (QED) is 0.825. The molecule has 2 rings (SSSR count). The van der Waals surface area contributed by atoms with Gasteiger partial charge in [0.2, 0.25) is 5.91 Å². The number of pyridine rings is 1. The van der Waals surface area contributed by atoms with Gasteiger partial charge in [-0.3, -0.25) is 19.5 Å². The summed E-state index contributed by atoms with van der Waals surface area (Å²) in [7, 11) is 0. The lowest BCUT2D eigenvalue weighted by molar-refractivity contribution is -0.145. The van der Waals surface area contributed by atoms with E-state index in [-0.39, 0.29) is 12.5 Å². The van der Waals surface area contributed by atoms with Gasteiger partial charge >= 0.3 is 5.97 Å². The third-order valence-corrected chi connectivity index (χ3v) is 3.46. The van der Waals surface area contributed by atoms with Crippen molar-refractivity contribution >= 4 is 11.9 Å². The Bertz CT molecular complexity index is 464. The number of carbonyl (C=O) groups excluding carboxylic acids is 1. The van der Waals surface area contributed by atoms with E-state index < -0.39 is 12.0 Å². The van der Waals surface area contributed by atoms with E-state index >= 15 is 0 Å². The largest absolute Gasteiger partial charge is 0.480 e. The normalized spacial score (nSPS) is 19.5. The van der Waals surface area contributed by atoms with Gasteiger partial charge in [0.25, 0.3) is 0 Å². The van der Waals surface area contributed by atoms with E-state index in [0.717, 1.165) is 18.4 Å². The van der Waals surface area contributed by atoms with Crippen LogP contribution in [0, 0.1) is 0 Å². The summed E-state index contributed by atoms with van der Waals surface area (Å²) in [5.74, 6) is -0.994. The molecule has 108 valence electrons. The third kappa shape index (κ3) is 4.03. The van der Waals surface area contributed by atoms with E-state index in [1.807, 2.05) is 12.1 Å². The molecule has 6 heteroatoms. The molecule has 2 N–H and O–H groups in total. The molecule has 0 aliphatic carbocycles. The highest BCUT2D eigenvalue weighted by molar-refractivity contribution is 5.80. The van der Waals surface area contributed by atoms with Crippen LogP contribution in [0.1, 0.15) is 24.8 Å². The number of hydrogen-bond acceptors (Lipinski definition) is 4. The van der Waals surface area contributed by atoms with Gasteiger partial charge in [-0.2, -0.15) is 0 Å². The van der Waals surface area contributed by atoms with Crippen LogP contribution < -0.4 is 5.32 Å². The van der Waals surface area contributed by atoms with Crippen molar-refractivity contribution in [1.29, 1.82) is 0 Å². The number of carboxylic acid groups (broad SMARTS) is 1. The van der Waals surface area contributed by atoms with Gasteiger partial charge in [-0.05, 0) is 31.0 Å². The molecule has 1 aromatic rings. The van der Waals surface area contributed by atoms with Crippen LogP contribution in [0.15, 0.2) is 24.5 Å². The lowest BCUT2D eigenvalue weighted by Crippen LogP contribution is -2.48. The number of nitrogens with one attached hydrogen (secondary N) is 1. The van der Waals surface area contributed by atoms with E-state index in [9.17, 15) is 9.59 Å². The van der Waals surface area contributed by atoms with Crippen LogP contribution in [0.4, 0.5) is 0 Å². The monoisotopic (exact) mass is 277 g/mol. The fraction of sp³-hybridized carbons (Fsp3) is 0.500. The molecular weight excluding hydrogens is 258 g/mol. The minimum Gasteiger partial charge on any atom is -0.480 e. The third-order valence-electron chi connectivity index (χ3n) is 3.46. The first-order valence-corrected chi connectivity index (χ1v) is 6.79. The van der Waals surface area contributed by atoms with Crippen molar-refractivity contribution in [3.8, 4) is 0 Å². The van der Waals surface area contributed by atoms with Gasteiger partial charge in [-0.1, -0.05) is 12.5 Å². The standard InChI is InChI=1S/C14H19N3O3/c18-13(16-9-11-4-3-6-15-8-11)10-17-7-2-1-5-12(17)14(19)20/h3-4,6,8,12H,1-2,5,7,9-10H2,(H,16,18)(H,19,20). The zero-order chi connectivity index (χ0) is 14.4. The highest BCUT2D eigenvalue weighted by Crippen LogP contribution is 2.16. The van der Waals surface area contributed by atoms with Gasteiger partial charge in [-0.25, -0.2) is 0 Å². The second kappa shape index (κ2) is 7.00. The summed E-state index contributed by atoms with van der Waals surface area (Å²) in [4.78, 5) is 28.7. The Morgan fingerprint density at radius 3 is 3.00 bits per heavy atom. The van der Waals surface area contributed by atoms with Crippen LogP contribution in [0.3, 0.4) is 0 Å². The predicted molar refractivity (Wildman–Crippen MR) is 72.9 cm³/mol. The van der Waals surface area contributed by atoms with E-state index in [0.29, 0.717) is 19.5 Å². The SMILES string of the molecule is O=C(CN1CCCCC1C(=O)O)NCc1cccnc1. The van der Waals surface area contributed by atoms with Crippen LogP contribution in [-0.4, -0.2) is 46.0 Å². The number of hydrogen-bond donors (Lipinski definition) is 2. The molecule has 1 unspecified atom stereocenters. The number of aromatic nitrogens is 1. The van der Waals surface area contributed by atoms with Crippen molar-refractivity contribution in [2.45, 2.75) is 31.8 Å². The van der Waals surface area contributed by atoms with Gasteiger partial charge < -0.3 is 10.4 Å². The summed E-state index contributed by atoms with van der Waals surface area (Å²) < 4.78 is 0. The molecule has 1 atom stereocenters. The molecule has 1 aliphatic heterocycles. The Morgan fingerprint density at radius 2 is 2.30 bits per heavy atom. The number of carbonyl (C=O) groups is 2. The number of aliphatic carboxylic acids is 1. The first kappa shape index (κ1) is 14.5. The topological polar surface area (TPSA) is 82.5 Å². The zero-order valence-electron chi connectivity index (χ0n) is 11.3. The van der Waals surface area contributed by atoms with Crippen LogP contribution in [0.5, 0.6) is 0 Å². The first-order valence-electron chi connectivity index (χ1n) is 6.79. The van der Waals surface area contributed by atoms with Crippen LogP contribution in [0.25, 0.3) is 0 Å².